The fraction of sp³-hybridized carbons (Fsp3) is 0.316. The standard InChI is InChI=1S/C19H19Cl2FN2O2/c1-23-5-4-12(10-23)11-24(19(25)26)18-3-2-16(22)9-17(18)13-6-14(20)8-15(21)7-13/h2-3,6-9,12H,4-5,10-11H2,1H3,(H,25,26)/t12-/m1/s1. The Kier molecular flexibility index (Phi) is 5.70. The van der Waals surface area contributed by atoms with Gasteiger partial charge in [-0.3, -0.25) is 4.90 Å². The largest absolute Gasteiger partial charge is 0.465 e. The van der Waals surface area contributed by atoms with Crippen LogP contribution in [0.2, 0.25) is 10.0 Å². The van der Waals surface area contributed by atoms with Gasteiger partial charge in [0.15, 0.2) is 0 Å². The molecule has 0 aromatic heterocycles. The van der Waals surface area contributed by atoms with Gasteiger partial charge in [0, 0.05) is 28.7 Å². The Balaban J connectivity index is 2.03. The van der Waals surface area contributed by atoms with Gasteiger partial charge in [0.1, 0.15) is 5.82 Å². The van der Waals surface area contributed by atoms with Crippen molar-refractivity contribution in [2.45, 2.75) is 6.42 Å². The van der Waals surface area contributed by atoms with Crippen LogP contribution in [0.5, 0.6) is 0 Å². The van der Waals surface area contributed by atoms with Crippen molar-refractivity contribution in [3.05, 3.63) is 52.3 Å². The number of nitrogens with zero attached hydrogens (tertiary/aromatic N) is 2. The minimum absolute atomic E-state index is 0.233. The normalized spacial score (nSPS) is 17.5. The Morgan fingerprint density at radius 1 is 1.27 bits per heavy atom. The first-order valence-electron chi connectivity index (χ1n) is 8.28. The molecule has 4 nitrogen and oxygen atoms in total. The van der Waals surface area contributed by atoms with E-state index in [2.05, 4.69) is 4.90 Å². The average molecular weight is 397 g/mol. The van der Waals surface area contributed by atoms with E-state index in [0.717, 1.165) is 19.5 Å². The number of benzene rings is 2. The Morgan fingerprint density at radius 3 is 2.54 bits per heavy atom. The minimum atomic E-state index is -1.07. The Bertz CT molecular complexity index is 811. The molecular weight excluding hydrogens is 378 g/mol. The van der Waals surface area contributed by atoms with E-state index in [0.29, 0.717) is 33.4 Å². The number of hydrogen-bond acceptors (Lipinski definition) is 2. The average Bonchev–Trinajstić information content (AvgIpc) is 2.97. The molecule has 0 unspecified atom stereocenters. The summed E-state index contributed by atoms with van der Waals surface area (Å²) in [6, 6.07) is 8.95. The van der Waals surface area contributed by atoms with E-state index in [4.69, 9.17) is 23.2 Å². The molecule has 1 N–H and O–H groups in total. The zero-order valence-corrected chi connectivity index (χ0v) is 15.8. The van der Waals surface area contributed by atoms with E-state index in [1.54, 1.807) is 18.2 Å². The van der Waals surface area contributed by atoms with E-state index >= 15 is 0 Å². The number of carbonyl (C=O) groups is 1. The summed E-state index contributed by atoms with van der Waals surface area (Å²) in [4.78, 5) is 15.4. The van der Waals surface area contributed by atoms with Crippen molar-refractivity contribution in [2.75, 3.05) is 31.6 Å². The van der Waals surface area contributed by atoms with Gasteiger partial charge in [0.25, 0.3) is 0 Å². The number of likely N-dealkylation sites (tertiary alicyclic amines) is 1. The van der Waals surface area contributed by atoms with Gasteiger partial charge in [-0.15, -0.1) is 0 Å². The number of hydrogen-bond donors (Lipinski definition) is 1. The summed E-state index contributed by atoms with van der Waals surface area (Å²) in [7, 11) is 2.02. The summed E-state index contributed by atoms with van der Waals surface area (Å²) in [5.74, 6) is -0.220. The van der Waals surface area contributed by atoms with Gasteiger partial charge in [-0.1, -0.05) is 23.2 Å². The molecule has 1 aliphatic rings. The van der Waals surface area contributed by atoms with Gasteiger partial charge in [-0.2, -0.15) is 0 Å². The van der Waals surface area contributed by atoms with Crippen LogP contribution in [0.3, 0.4) is 0 Å². The van der Waals surface area contributed by atoms with E-state index < -0.39 is 11.9 Å². The molecule has 1 atom stereocenters. The third-order valence-corrected chi connectivity index (χ3v) is 5.02. The highest BCUT2D eigenvalue weighted by Crippen LogP contribution is 2.35. The summed E-state index contributed by atoms with van der Waals surface area (Å²) in [6.45, 7) is 2.13. The third-order valence-electron chi connectivity index (χ3n) is 4.58. The maximum absolute atomic E-state index is 13.9. The zero-order chi connectivity index (χ0) is 18.8. The van der Waals surface area contributed by atoms with Gasteiger partial charge in [-0.05, 0) is 67.9 Å². The van der Waals surface area contributed by atoms with Crippen LogP contribution in [-0.2, 0) is 0 Å². The van der Waals surface area contributed by atoms with Crippen molar-refractivity contribution in [1.82, 2.24) is 4.90 Å². The van der Waals surface area contributed by atoms with Crippen LogP contribution < -0.4 is 4.90 Å². The third kappa shape index (κ3) is 4.29. The lowest BCUT2D eigenvalue weighted by Gasteiger charge is -2.25. The SMILES string of the molecule is CN1CC[C@@H](CN(C(=O)O)c2ccc(F)cc2-c2cc(Cl)cc(Cl)c2)C1. The molecule has 7 heteroatoms. The molecule has 0 aliphatic carbocycles. The molecule has 0 spiro atoms. The van der Waals surface area contributed by atoms with Crippen molar-refractivity contribution in [3.8, 4) is 11.1 Å². The summed E-state index contributed by atoms with van der Waals surface area (Å²) in [6.07, 6.45) is -0.139. The van der Waals surface area contributed by atoms with E-state index in [-0.39, 0.29) is 5.92 Å². The maximum atomic E-state index is 13.9. The molecule has 1 amide bonds. The van der Waals surface area contributed by atoms with E-state index in [1.165, 1.54) is 23.1 Å². The number of rotatable bonds is 4. The first kappa shape index (κ1) is 19.0. The predicted octanol–water partition coefficient (Wildman–Crippen LogP) is 5.24. The molecule has 1 aliphatic heterocycles. The summed E-state index contributed by atoms with van der Waals surface area (Å²) < 4.78 is 13.9. The van der Waals surface area contributed by atoms with Gasteiger partial charge < -0.3 is 10.0 Å². The Morgan fingerprint density at radius 2 is 1.96 bits per heavy atom. The molecule has 3 rings (SSSR count). The lowest BCUT2D eigenvalue weighted by molar-refractivity contribution is 0.200. The topological polar surface area (TPSA) is 43.8 Å². The lowest BCUT2D eigenvalue weighted by Crippen LogP contribution is -2.35. The number of carboxylic acid groups (broad SMARTS) is 1. The number of anilines is 1. The van der Waals surface area contributed by atoms with E-state index in [1.807, 2.05) is 7.05 Å². The monoisotopic (exact) mass is 396 g/mol. The van der Waals surface area contributed by atoms with Crippen molar-refractivity contribution < 1.29 is 14.3 Å². The zero-order valence-electron chi connectivity index (χ0n) is 14.3. The van der Waals surface area contributed by atoms with Gasteiger partial charge >= 0.3 is 6.09 Å². The fourth-order valence-corrected chi connectivity index (χ4v) is 3.92. The fourth-order valence-electron chi connectivity index (χ4n) is 3.40. The second kappa shape index (κ2) is 7.82. The summed E-state index contributed by atoms with van der Waals surface area (Å²) in [5.41, 5.74) is 1.45. The molecule has 0 saturated carbocycles. The quantitative estimate of drug-likeness (QED) is 0.768. The van der Waals surface area contributed by atoms with Crippen molar-refractivity contribution >= 4 is 35.0 Å². The molecule has 0 bridgehead atoms. The Hall–Kier alpha value is -1.82. The summed E-state index contributed by atoms with van der Waals surface area (Å²) in [5, 5.41) is 10.6. The van der Waals surface area contributed by atoms with Crippen LogP contribution >= 0.6 is 23.2 Å². The van der Waals surface area contributed by atoms with E-state index in [9.17, 15) is 14.3 Å². The first-order chi connectivity index (χ1) is 12.3. The van der Waals surface area contributed by atoms with Crippen LogP contribution in [-0.4, -0.2) is 42.8 Å². The molecular formula is C19H19Cl2FN2O2. The van der Waals surface area contributed by atoms with Crippen LogP contribution in [0.1, 0.15) is 6.42 Å². The van der Waals surface area contributed by atoms with Crippen LogP contribution in [0.25, 0.3) is 11.1 Å². The molecule has 1 fully saturated rings. The predicted molar refractivity (Wildman–Crippen MR) is 103 cm³/mol. The molecule has 2 aromatic carbocycles. The minimum Gasteiger partial charge on any atom is -0.465 e. The highest BCUT2D eigenvalue weighted by molar-refractivity contribution is 6.35. The molecule has 0 radical (unpaired) electrons. The first-order valence-corrected chi connectivity index (χ1v) is 9.04. The van der Waals surface area contributed by atoms with Crippen molar-refractivity contribution in [3.63, 3.8) is 0 Å². The van der Waals surface area contributed by atoms with Crippen LogP contribution in [0.4, 0.5) is 14.9 Å². The maximum Gasteiger partial charge on any atom is 0.411 e. The molecule has 26 heavy (non-hydrogen) atoms. The van der Waals surface area contributed by atoms with Gasteiger partial charge in [0.05, 0.1) is 5.69 Å². The lowest BCUT2D eigenvalue weighted by atomic mass is 10.0. The van der Waals surface area contributed by atoms with Gasteiger partial charge in [-0.25, -0.2) is 9.18 Å². The Labute approximate surface area is 161 Å². The van der Waals surface area contributed by atoms with Crippen LogP contribution in [0, 0.1) is 11.7 Å². The van der Waals surface area contributed by atoms with Gasteiger partial charge in [0.2, 0.25) is 0 Å². The molecule has 1 saturated heterocycles. The molecule has 138 valence electrons. The smallest absolute Gasteiger partial charge is 0.411 e. The van der Waals surface area contributed by atoms with Crippen molar-refractivity contribution in [2.24, 2.45) is 5.92 Å². The highest BCUT2D eigenvalue weighted by Gasteiger charge is 2.27. The number of amides is 1. The second-order valence-electron chi connectivity index (χ2n) is 6.63. The molecule has 2 aromatic rings. The van der Waals surface area contributed by atoms with Crippen molar-refractivity contribution in [1.29, 1.82) is 0 Å². The molecule has 1 heterocycles. The summed E-state index contributed by atoms with van der Waals surface area (Å²) >= 11 is 12.1. The highest BCUT2D eigenvalue weighted by atomic mass is 35.5. The van der Waals surface area contributed by atoms with Crippen LogP contribution in [0.15, 0.2) is 36.4 Å². The second-order valence-corrected chi connectivity index (χ2v) is 7.50. The number of halogens is 3.